The predicted molar refractivity (Wildman–Crippen MR) is 74.0 cm³/mol. The van der Waals surface area contributed by atoms with E-state index in [1.54, 1.807) is 10.9 Å². The lowest BCUT2D eigenvalue weighted by Gasteiger charge is -2.08. The third kappa shape index (κ3) is 1.96. The Kier molecular flexibility index (Phi) is 3.48. The van der Waals surface area contributed by atoms with E-state index in [2.05, 4.69) is 15.0 Å². The minimum Gasteiger partial charge on any atom is -0.395 e. The van der Waals surface area contributed by atoms with Gasteiger partial charge in [0.2, 0.25) is 0 Å². The molecule has 0 radical (unpaired) electrons. The SMILES string of the molecule is Nc1ncnc2c1ncn2CCCC1C(F)(F)C1(CO)CO. The Morgan fingerprint density at radius 3 is 2.59 bits per heavy atom. The van der Waals surface area contributed by atoms with Crippen molar-refractivity contribution in [3.05, 3.63) is 12.7 Å². The Morgan fingerprint density at radius 2 is 1.95 bits per heavy atom. The Hall–Kier alpha value is -1.87. The second-order valence-electron chi connectivity index (χ2n) is 5.66. The molecule has 4 N–H and O–H groups in total. The second-order valence-corrected chi connectivity index (χ2v) is 5.66. The van der Waals surface area contributed by atoms with E-state index in [1.807, 2.05) is 0 Å². The zero-order chi connectivity index (χ0) is 16.0. The summed E-state index contributed by atoms with van der Waals surface area (Å²) in [5, 5.41) is 18.3. The van der Waals surface area contributed by atoms with Crippen LogP contribution in [0.15, 0.2) is 12.7 Å². The van der Waals surface area contributed by atoms with Crippen molar-refractivity contribution in [2.75, 3.05) is 18.9 Å². The van der Waals surface area contributed by atoms with E-state index in [4.69, 9.17) is 15.9 Å². The summed E-state index contributed by atoms with van der Waals surface area (Å²) in [4.78, 5) is 12.0. The molecule has 1 unspecified atom stereocenters. The number of aliphatic hydroxyl groups excluding tert-OH is 2. The summed E-state index contributed by atoms with van der Waals surface area (Å²) < 4.78 is 29.2. The van der Waals surface area contributed by atoms with Crippen molar-refractivity contribution in [2.45, 2.75) is 25.3 Å². The van der Waals surface area contributed by atoms with E-state index in [0.717, 1.165) is 0 Å². The zero-order valence-electron chi connectivity index (χ0n) is 11.8. The number of hydrogen-bond acceptors (Lipinski definition) is 6. The van der Waals surface area contributed by atoms with Crippen molar-refractivity contribution in [3.63, 3.8) is 0 Å². The van der Waals surface area contributed by atoms with E-state index in [-0.39, 0.29) is 12.2 Å². The third-order valence-corrected chi connectivity index (χ3v) is 4.57. The maximum Gasteiger partial charge on any atom is 0.262 e. The van der Waals surface area contributed by atoms with Gasteiger partial charge in [-0.1, -0.05) is 0 Å². The highest BCUT2D eigenvalue weighted by atomic mass is 19.3. The number of rotatable bonds is 6. The van der Waals surface area contributed by atoms with Crippen LogP contribution in [0.4, 0.5) is 14.6 Å². The molecule has 22 heavy (non-hydrogen) atoms. The molecule has 1 saturated carbocycles. The van der Waals surface area contributed by atoms with Crippen LogP contribution >= 0.6 is 0 Å². The maximum absolute atomic E-state index is 13.7. The van der Waals surface area contributed by atoms with Gasteiger partial charge >= 0.3 is 0 Å². The van der Waals surface area contributed by atoms with Gasteiger partial charge in [-0.15, -0.1) is 0 Å². The fraction of sp³-hybridized carbons (Fsp3) is 0.615. The molecule has 1 aliphatic rings. The molecule has 0 aromatic carbocycles. The highest BCUT2D eigenvalue weighted by molar-refractivity contribution is 5.80. The monoisotopic (exact) mass is 313 g/mol. The first kappa shape index (κ1) is 15.0. The van der Waals surface area contributed by atoms with Crippen molar-refractivity contribution < 1.29 is 19.0 Å². The number of nitrogens with zero attached hydrogens (tertiary/aromatic N) is 4. The number of imidazole rings is 1. The lowest BCUT2D eigenvalue weighted by Crippen LogP contribution is -2.20. The summed E-state index contributed by atoms with van der Waals surface area (Å²) in [7, 11) is 0. The first-order valence-corrected chi connectivity index (χ1v) is 6.99. The molecule has 120 valence electrons. The van der Waals surface area contributed by atoms with Crippen LogP contribution in [0.25, 0.3) is 11.2 Å². The number of nitrogen functional groups attached to an aromatic ring is 1. The van der Waals surface area contributed by atoms with Crippen LogP contribution in [0.3, 0.4) is 0 Å². The number of anilines is 1. The zero-order valence-corrected chi connectivity index (χ0v) is 11.8. The standard InChI is InChI=1S/C13H17F2N5O2/c14-13(15)8(12(13,4-21)5-22)2-1-3-20-7-19-9-10(16)17-6-18-11(9)20/h6-8,21-22H,1-5H2,(H2,16,17,18). The molecule has 0 bridgehead atoms. The number of alkyl halides is 2. The normalized spacial score (nSPS) is 22.1. The molecule has 1 fully saturated rings. The summed E-state index contributed by atoms with van der Waals surface area (Å²) in [5.74, 6) is -3.73. The van der Waals surface area contributed by atoms with Crippen LogP contribution in [-0.2, 0) is 6.54 Å². The molecule has 2 aromatic rings. The summed E-state index contributed by atoms with van der Waals surface area (Å²) in [6, 6.07) is 0. The Labute approximate surface area is 124 Å². The molecule has 2 heterocycles. The summed E-state index contributed by atoms with van der Waals surface area (Å²) >= 11 is 0. The smallest absolute Gasteiger partial charge is 0.262 e. The van der Waals surface area contributed by atoms with E-state index in [0.29, 0.717) is 24.1 Å². The molecule has 7 nitrogen and oxygen atoms in total. The molecular weight excluding hydrogens is 296 g/mol. The van der Waals surface area contributed by atoms with Crippen molar-refractivity contribution in [2.24, 2.45) is 11.3 Å². The molecule has 0 amide bonds. The number of aromatic nitrogens is 4. The average Bonchev–Trinajstić information content (AvgIpc) is 2.80. The van der Waals surface area contributed by atoms with Crippen LogP contribution in [0, 0.1) is 11.3 Å². The molecule has 0 spiro atoms. The highest BCUT2D eigenvalue weighted by Crippen LogP contribution is 2.67. The van der Waals surface area contributed by atoms with Gasteiger partial charge in [-0.2, -0.15) is 0 Å². The Morgan fingerprint density at radius 1 is 1.23 bits per heavy atom. The fourth-order valence-electron chi connectivity index (χ4n) is 3.06. The van der Waals surface area contributed by atoms with Crippen LogP contribution in [0.5, 0.6) is 0 Å². The van der Waals surface area contributed by atoms with E-state index in [9.17, 15) is 8.78 Å². The Balaban J connectivity index is 1.65. The summed E-state index contributed by atoms with van der Waals surface area (Å²) in [6.07, 6.45) is 3.53. The van der Waals surface area contributed by atoms with E-state index in [1.165, 1.54) is 6.33 Å². The van der Waals surface area contributed by atoms with Gasteiger partial charge in [0.15, 0.2) is 11.5 Å². The largest absolute Gasteiger partial charge is 0.395 e. The summed E-state index contributed by atoms with van der Waals surface area (Å²) in [6.45, 7) is -0.968. The molecule has 0 aliphatic heterocycles. The van der Waals surface area contributed by atoms with Gasteiger partial charge in [-0.25, -0.2) is 23.7 Å². The van der Waals surface area contributed by atoms with E-state index < -0.39 is 30.5 Å². The number of halogens is 2. The number of aryl methyl sites for hydroxylation is 1. The topological polar surface area (TPSA) is 110 Å². The van der Waals surface area contributed by atoms with Gasteiger partial charge in [0.25, 0.3) is 5.92 Å². The number of fused-ring (bicyclic) bond motifs is 1. The van der Waals surface area contributed by atoms with Crippen molar-refractivity contribution in [3.8, 4) is 0 Å². The van der Waals surface area contributed by atoms with Crippen molar-refractivity contribution >= 4 is 17.0 Å². The first-order valence-electron chi connectivity index (χ1n) is 6.99. The molecule has 0 saturated heterocycles. The van der Waals surface area contributed by atoms with Gasteiger partial charge in [0.05, 0.1) is 25.0 Å². The molecule has 1 atom stereocenters. The summed E-state index contributed by atoms with van der Waals surface area (Å²) in [5.41, 5.74) is 5.06. The van der Waals surface area contributed by atoms with Crippen LogP contribution in [-0.4, -0.2) is 48.9 Å². The van der Waals surface area contributed by atoms with Gasteiger partial charge < -0.3 is 20.5 Å². The first-order chi connectivity index (χ1) is 10.5. The molecular formula is C13H17F2N5O2. The number of aliphatic hydroxyl groups is 2. The number of hydrogen-bond donors (Lipinski definition) is 3. The third-order valence-electron chi connectivity index (χ3n) is 4.57. The Bertz CT molecular complexity index is 686. The highest BCUT2D eigenvalue weighted by Gasteiger charge is 2.79. The fourth-order valence-corrected chi connectivity index (χ4v) is 3.06. The predicted octanol–water partition coefficient (Wildman–Crippen LogP) is 0.425. The minimum atomic E-state index is -3.01. The van der Waals surface area contributed by atoms with Gasteiger partial charge in [0, 0.05) is 12.5 Å². The van der Waals surface area contributed by atoms with Gasteiger partial charge in [-0.3, -0.25) is 0 Å². The second kappa shape index (κ2) is 5.10. The molecule has 3 rings (SSSR count). The lowest BCUT2D eigenvalue weighted by atomic mass is 10.0. The van der Waals surface area contributed by atoms with Crippen LogP contribution in [0.1, 0.15) is 12.8 Å². The van der Waals surface area contributed by atoms with Crippen LogP contribution < -0.4 is 5.73 Å². The maximum atomic E-state index is 13.7. The van der Waals surface area contributed by atoms with Crippen LogP contribution in [0.2, 0.25) is 0 Å². The van der Waals surface area contributed by atoms with Crippen molar-refractivity contribution in [1.29, 1.82) is 0 Å². The average molecular weight is 313 g/mol. The van der Waals surface area contributed by atoms with Gasteiger partial charge in [0.1, 0.15) is 11.8 Å². The quantitative estimate of drug-likeness (QED) is 0.713. The molecule has 2 aromatic heterocycles. The number of nitrogens with two attached hydrogens (primary N) is 1. The van der Waals surface area contributed by atoms with Crippen molar-refractivity contribution in [1.82, 2.24) is 19.5 Å². The van der Waals surface area contributed by atoms with E-state index >= 15 is 0 Å². The van der Waals surface area contributed by atoms with Gasteiger partial charge in [-0.05, 0) is 12.8 Å². The minimum absolute atomic E-state index is 0.203. The molecule has 1 aliphatic carbocycles. The molecule has 9 heteroatoms. The lowest BCUT2D eigenvalue weighted by molar-refractivity contribution is 0.00816.